The zero-order valence-corrected chi connectivity index (χ0v) is 6.60. The molecule has 0 aliphatic carbocycles. The molecule has 4 nitrogen and oxygen atoms in total. The molecule has 0 N–H and O–H groups in total. The summed E-state index contributed by atoms with van der Waals surface area (Å²) in [5.74, 6) is 2.34. The summed E-state index contributed by atoms with van der Waals surface area (Å²) in [6, 6.07) is 3.70. The van der Waals surface area contributed by atoms with Gasteiger partial charge in [0.2, 0.25) is 0 Å². The van der Waals surface area contributed by atoms with Gasteiger partial charge in [-0.05, 0) is 12.0 Å². The molecule has 0 saturated carbocycles. The lowest BCUT2D eigenvalue weighted by Crippen LogP contribution is -1.87. The Hall–Kier alpha value is -2.33. The van der Waals surface area contributed by atoms with Crippen molar-refractivity contribution in [1.29, 1.82) is 5.26 Å². The fourth-order valence-electron chi connectivity index (χ4n) is 1.09. The number of fused-ring (bicyclic) bond motifs is 1. The van der Waals surface area contributed by atoms with Crippen LogP contribution in [0.4, 0.5) is 0 Å². The number of rotatable bonds is 0. The van der Waals surface area contributed by atoms with Gasteiger partial charge in [-0.25, -0.2) is 9.50 Å². The third kappa shape index (κ3) is 0.935. The number of hydrogen-bond donors (Lipinski definition) is 0. The Morgan fingerprint density at radius 1 is 1.54 bits per heavy atom. The van der Waals surface area contributed by atoms with Crippen molar-refractivity contribution in [2.24, 2.45) is 0 Å². The highest BCUT2D eigenvalue weighted by atomic mass is 15.2. The zero-order chi connectivity index (χ0) is 9.26. The predicted octanol–water partition coefficient (Wildman–Crippen LogP) is 0.582. The van der Waals surface area contributed by atoms with E-state index in [0.717, 1.165) is 0 Å². The van der Waals surface area contributed by atoms with Crippen molar-refractivity contribution in [2.45, 2.75) is 0 Å². The van der Waals surface area contributed by atoms with Gasteiger partial charge >= 0.3 is 0 Å². The highest BCUT2D eigenvalue weighted by Gasteiger charge is 2.09. The molecule has 0 radical (unpaired) electrons. The van der Waals surface area contributed by atoms with Gasteiger partial charge in [0.15, 0.2) is 11.3 Å². The fourth-order valence-corrected chi connectivity index (χ4v) is 1.09. The molecule has 0 spiro atoms. The molecule has 0 unspecified atom stereocenters. The van der Waals surface area contributed by atoms with Gasteiger partial charge in [0.25, 0.3) is 0 Å². The van der Waals surface area contributed by atoms with E-state index in [2.05, 4.69) is 16.0 Å². The minimum Gasteiger partial charge on any atom is -0.236 e. The molecule has 0 saturated heterocycles. The smallest absolute Gasteiger partial charge is 0.174 e. The van der Waals surface area contributed by atoms with Crippen LogP contribution in [0.25, 0.3) is 5.65 Å². The van der Waals surface area contributed by atoms with E-state index >= 15 is 0 Å². The molecule has 60 valence electrons. The van der Waals surface area contributed by atoms with Crippen LogP contribution in [0.1, 0.15) is 11.3 Å². The molecule has 0 aliphatic heterocycles. The van der Waals surface area contributed by atoms with E-state index in [9.17, 15) is 0 Å². The van der Waals surface area contributed by atoms with E-state index in [-0.39, 0.29) is 0 Å². The van der Waals surface area contributed by atoms with E-state index in [0.29, 0.717) is 16.9 Å². The first-order chi connectivity index (χ1) is 6.36. The van der Waals surface area contributed by atoms with Crippen LogP contribution in [-0.2, 0) is 0 Å². The Labute approximate surface area is 74.4 Å². The molecule has 0 aromatic carbocycles. The van der Waals surface area contributed by atoms with Crippen molar-refractivity contribution < 1.29 is 0 Å². The number of nitriles is 1. The second kappa shape index (κ2) is 2.62. The lowest BCUT2D eigenvalue weighted by Gasteiger charge is -1.87. The van der Waals surface area contributed by atoms with Gasteiger partial charge in [-0.2, -0.15) is 10.4 Å². The molecule has 0 fully saturated rings. The summed E-state index contributed by atoms with van der Waals surface area (Å²) in [4.78, 5) is 4.00. The predicted molar refractivity (Wildman–Crippen MR) is 45.6 cm³/mol. The number of nitrogens with zero attached hydrogens (tertiary/aromatic N) is 4. The van der Waals surface area contributed by atoms with Crippen LogP contribution in [0, 0.1) is 23.7 Å². The first-order valence-corrected chi connectivity index (χ1v) is 3.57. The molecule has 13 heavy (non-hydrogen) atoms. The summed E-state index contributed by atoms with van der Waals surface area (Å²) in [5.41, 5.74) is 1.18. The normalized spacial score (nSPS) is 9.38. The van der Waals surface area contributed by atoms with E-state index in [4.69, 9.17) is 11.7 Å². The van der Waals surface area contributed by atoms with Gasteiger partial charge in [0, 0.05) is 12.4 Å². The minimum absolute atomic E-state index is 0.334. The maximum atomic E-state index is 8.80. The van der Waals surface area contributed by atoms with Crippen molar-refractivity contribution in [3.8, 4) is 18.4 Å². The summed E-state index contributed by atoms with van der Waals surface area (Å²) < 4.78 is 1.49. The quantitative estimate of drug-likeness (QED) is 0.541. The van der Waals surface area contributed by atoms with Crippen molar-refractivity contribution in [3.63, 3.8) is 0 Å². The summed E-state index contributed by atoms with van der Waals surface area (Å²) in [6.07, 6.45) is 8.48. The van der Waals surface area contributed by atoms with Crippen LogP contribution in [-0.4, -0.2) is 14.6 Å². The van der Waals surface area contributed by atoms with E-state index in [1.165, 1.54) is 4.52 Å². The monoisotopic (exact) mass is 168 g/mol. The number of hydrogen-bond acceptors (Lipinski definition) is 3. The SMILES string of the molecule is C#Cc1nn2cccnc2c1C#N. The second-order valence-corrected chi connectivity index (χ2v) is 2.37. The molecule has 0 aliphatic rings. The molecule has 4 heteroatoms. The Bertz CT molecular complexity index is 539. The van der Waals surface area contributed by atoms with Gasteiger partial charge in [0.05, 0.1) is 0 Å². The van der Waals surface area contributed by atoms with Crippen molar-refractivity contribution in [3.05, 3.63) is 29.7 Å². The van der Waals surface area contributed by atoms with Crippen LogP contribution in [0.3, 0.4) is 0 Å². The van der Waals surface area contributed by atoms with Gasteiger partial charge in [-0.3, -0.25) is 0 Å². The lowest BCUT2D eigenvalue weighted by atomic mass is 10.2. The Balaban J connectivity index is 2.93. The fraction of sp³-hybridized carbons (Fsp3) is 0. The summed E-state index contributed by atoms with van der Waals surface area (Å²) in [5, 5.41) is 12.8. The maximum Gasteiger partial charge on any atom is 0.174 e. The third-order valence-corrected chi connectivity index (χ3v) is 1.64. The van der Waals surface area contributed by atoms with Crippen LogP contribution < -0.4 is 0 Å². The van der Waals surface area contributed by atoms with E-state index in [1.807, 2.05) is 6.07 Å². The lowest BCUT2D eigenvalue weighted by molar-refractivity contribution is 0.932. The molecule has 2 aromatic rings. The van der Waals surface area contributed by atoms with Gasteiger partial charge < -0.3 is 0 Å². The molecule has 0 bridgehead atoms. The van der Waals surface area contributed by atoms with Crippen molar-refractivity contribution >= 4 is 5.65 Å². The largest absolute Gasteiger partial charge is 0.236 e. The summed E-state index contributed by atoms with van der Waals surface area (Å²) in [6.45, 7) is 0. The first kappa shape index (κ1) is 7.33. The average Bonchev–Trinajstić information content (AvgIpc) is 2.55. The highest BCUT2D eigenvalue weighted by molar-refractivity contribution is 5.60. The van der Waals surface area contributed by atoms with Gasteiger partial charge in [-0.1, -0.05) is 0 Å². The molecule has 2 rings (SSSR count). The van der Waals surface area contributed by atoms with Crippen LogP contribution >= 0.6 is 0 Å². The topological polar surface area (TPSA) is 54.0 Å². The second-order valence-electron chi connectivity index (χ2n) is 2.37. The molecular formula is C9H4N4. The first-order valence-electron chi connectivity index (χ1n) is 3.57. The Morgan fingerprint density at radius 2 is 2.38 bits per heavy atom. The summed E-state index contributed by atoms with van der Waals surface area (Å²) in [7, 11) is 0. The number of aromatic nitrogens is 3. The van der Waals surface area contributed by atoms with Crippen LogP contribution in [0.5, 0.6) is 0 Å². The minimum atomic E-state index is 0.334. The van der Waals surface area contributed by atoms with E-state index < -0.39 is 0 Å². The standard InChI is InChI=1S/C9H4N4/c1-2-8-7(6-10)9-11-4-3-5-13(9)12-8/h1,3-5H. The van der Waals surface area contributed by atoms with Crippen molar-refractivity contribution in [2.75, 3.05) is 0 Å². The zero-order valence-electron chi connectivity index (χ0n) is 6.60. The van der Waals surface area contributed by atoms with E-state index in [1.54, 1.807) is 18.5 Å². The molecule has 0 amide bonds. The molecule has 2 heterocycles. The molecule has 2 aromatic heterocycles. The highest BCUT2D eigenvalue weighted by Crippen LogP contribution is 2.10. The molecular weight excluding hydrogens is 164 g/mol. The Kier molecular flexibility index (Phi) is 1.47. The Morgan fingerprint density at radius 3 is 3.08 bits per heavy atom. The van der Waals surface area contributed by atoms with Crippen molar-refractivity contribution in [1.82, 2.24) is 14.6 Å². The summed E-state index contributed by atoms with van der Waals surface area (Å²) >= 11 is 0. The van der Waals surface area contributed by atoms with Crippen LogP contribution in [0.2, 0.25) is 0 Å². The average molecular weight is 168 g/mol. The third-order valence-electron chi connectivity index (χ3n) is 1.64. The molecule has 0 atom stereocenters. The maximum absolute atomic E-state index is 8.80. The van der Waals surface area contributed by atoms with Gasteiger partial charge in [-0.15, -0.1) is 6.42 Å². The van der Waals surface area contributed by atoms with Crippen LogP contribution in [0.15, 0.2) is 18.5 Å². The van der Waals surface area contributed by atoms with Gasteiger partial charge in [0.1, 0.15) is 11.6 Å². The number of terminal acetylenes is 1.